The summed E-state index contributed by atoms with van der Waals surface area (Å²) < 4.78 is 0. The van der Waals surface area contributed by atoms with Crippen LogP contribution >= 0.6 is 21.6 Å². The minimum atomic E-state index is 0.274. The molecular weight excluding hydrogens is 240 g/mol. The molecule has 0 N–H and O–H groups in total. The van der Waals surface area contributed by atoms with E-state index in [9.17, 15) is 0 Å². The van der Waals surface area contributed by atoms with Crippen LogP contribution in [-0.4, -0.2) is 73.7 Å². The Labute approximate surface area is 107 Å². The van der Waals surface area contributed by atoms with Crippen LogP contribution in [0, 0.1) is 0 Å². The normalized spacial score (nSPS) is 20.7. The first-order valence-corrected chi connectivity index (χ1v) is 7.65. The van der Waals surface area contributed by atoms with Gasteiger partial charge in [0.15, 0.2) is 10.7 Å². The van der Waals surface area contributed by atoms with Gasteiger partial charge in [-0.15, -0.1) is 0 Å². The van der Waals surface area contributed by atoms with Crippen molar-refractivity contribution in [3.8, 4) is 0 Å². The quantitative estimate of drug-likeness (QED) is 0.698. The first-order valence-electron chi connectivity index (χ1n) is 5.44. The Balaban J connectivity index is 2.32. The molecule has 16 heavy (non-hydrogen) atoms. The lowest BCUT2D eigenvalue weighted by Gasteiger charge is -2.18. The molecule has 1 atom stereocenters. The Kier molecular flexibility index (Phi) is 5.96. The molecule has 0 aliphatic carbocycles. The summed E-state index contributed by atoms with van der Waals surface area (Å²) in [6.45, 7) is 2.21. The van der Waals surface area contributed by atoms with E-state index >= 15 is 0 Å². The van der Waals surface area contributed by atoms with Crippen LogP contribution in [0.15, 0.2) is 4.99 Å². The first kappa shape index (κ1) is 14.2. The molecule has 0 fully saturated rings. The van der Waals surface area contributed by atoms with E-state index in [1.165, 1.54) is 6.42 Å². The summed E-state index contributed by atoms with van der Waals surface area (Å²) in [6.07, 6.45) is 1.18. The Hall–Kier alpha value is 0.0900. The molecule has 6 heteroatoms. The van der Waals surface area contributed by atoms with Crippen LogP contribution in [0.2, 0.25) is 0 Å². The molecule has 0 aromatic rings. The number of hydrogen-bond acceptors (Lipinski definition) is 6. The van der Waals surface area contributed by atoms with Crippen LogP contribution in [0.25, 0.3) is 0 Å². The van der Waals surface area contributed by atoms with E-state index in [2.05, 4.69) is 54.9 Å². The topological polar surface area (TPSA) is 22.1 Å². The van der Waals surface area contributed by atoms with E-state index in [-0.39, 0.29) is 5.50 Å². The zero-order valence-electron chi connectivity index (χ0n) is 10.8. The van der Waals surface area contributed by atoms with Gasteiger partial charge in [0.25, 0.3) is 0 Å². The first-order chi connectivity index (χ1) is 7.50. The lowest BCUT2D eigenvalue weighted by Crippen LogP contribution is -2.27. The highest BCUT2D eigenvalue weighted by Gasteiger charge is 2.23. The second-order valence-corrected chi connectivity index (χ2v) is 6.68. The monoisotopic (exact) mass is 262 g/mol. The van der Waals surface area contributed by atoms with Crippen molar-refractivity contribution in [2.75, 3.05) is 48.3 Å². The standard InChI is InChI=1S/C10H22N4S2/c1-12(2)7-6-8-14(5)10-11-9(13(3)4)15-16-10/h9H,6-8H2,1-5H3. The van der Waals surface area contributed by atoms with Gasteiger partial charge in [-0.1, -0.05) is 0 Å². The molecule has 0 bridgehead atoms. The van der Waals surface area contributed by atoms with Crippen LogP contribution < -0.4 is 0 Å². The van der Waals surface area contributed by atoms with Gasteiger partial charge in [0, 0.05) is 13.6 Å². The van der Waals surface area contributed by atoms with Crippen molar-refractivity contribution in [3.05, 3.63) is 0 Å². The van der Waals surface area contributed by atoms with Crippen molar-refractivity contribution < 1.29 is 0 Å². The van der Waals surface area contributed by atoms with Crippen molar-refractivity contribution in [2.45, 2.75) is 11.9 Å². The molecule has 94 valence electrons. The molecular formula is C10H22N4S2. The number of rotatable bonds is 5. The second-order valence-electron chi connectivity index (χ2n) is 4.46. The van der Waals surface area contributed by atoms with Crippen LogP contribution in [0.5, 0.6) is 0 Å². The Morgan fingerprint density at radius 2 is 1.81 bits per heavy atom. The fourth-order valence-electron chi connectivity index (χ4n) is 1.31. The van der Waals surface area contributed by atoms with E-state index in [0.717, 1.165) is 18.3 Å². The molecule has 1 aliphatic rings. The number of nitrogens with zero attached hydrogens (tertiary/aromatic N) is 4. The Morgan fingerprint density at radius 3 is 2.31 bits per heavy atom. The second kappa shape index (κ2) is 6.74. The fourth-order valence-corrected chi connectivity index (χ4v) is 3.90. The van der Waals surface area contributed by atoms with Gasteiger partial charge in [0.05, 0.1) is 0 Å². The van der Waals surface area contributed by atoms with Gasteiger partial charge in [0.1, 0.15) is 0 Å². The number of amidine groups is 1. The van der Waals surface area contributed by atoms with Gasteiger partial charge in [0.2, 0.25) is 0 Å². The number of aliphatic imine (C=N–C) groups is 1. The number of hydrogen-bond donors (Lipinski definition) is 0. The minimum Gasteiger partial charge on any atom is -0.354 e. The lowest BCUT2D eigenvalue weighted by atomic mass is 10.4. The predicted molar refractivity (Wildman–Crippen MR) is 75.9 cm³/mol. The van der Waals surface area contributed by atoms with Crippen LogP contribution in [0.4, 0.5) is 0 Å². The van der Waals surface area contributed by atoms with Crippen molar-refractivity contribution in [1.29, 1.82) is 0 Å². The minimum absolute atomic E-state index is 0.274. The highest BCUT2D eigenvalue weighted by atomic mass is 33.1. The van der Waals surface area contributed by atoms with Gasteiger partial charge >= 0.3 is 0 Å². The van der Waals surface area contributed by atoms with Crippen molar-refractivity contribution in [3.63, 3.8) is 0 Å². The zero-order chi connectivity index (χ0) is 12.1. The highest BCUT2D eigenvalue weighted by Crippen LogP contribution is 2.37. The predicted octanol–water partition coefficient (Wildman–Crippen LogP) is 1.47. The maximum Gasteiger partial charge on any atom is 0.172 e. The van der Waals surface area contributed by atoms with Gasteiger partial charge in [-0.2, -0.15) is 0 Å². The van der Waals surface area contributed by atoms with Crippen molar-refractivity contribution in [1.82, 2.24) is 14.7 Å². The zero-order valence-corrected chi connectivity index (χ0v) is 12.4. The van der Waals surface area contributed by atoms with Crippen LogP contribution in [0.3, 0.4) is 0 Å². The summed E-state index contributed by atoms with van der Waals surface area (Å²) in [5.41, 5.74) is 0.274. The smallest absolute Gasteiger partial charge is 0.172 e. The van der Waals surface area contributed by atoms with E-state index in [0.29, 0.717) is 0 Å². The van der Waals surface area contributed by atoms with E-state index in [4.69, 9.17) is 0 Å². The highest BCUT2D eigenvalue weighted by molar-refractivity contribution is 8.82. The summed E-state index contributed by atoms with van der Waals surface area (Å²) in [5, 5.41) is 1.16. The van der Waals surface area contributed by atoms with Crippen molar-refractivity contribution >= 4 is 26.8 Å². The fraction of sp³-hybridized carbons (Fsp3) is 0.900. The molecule has 0 saturated carbocycles. The summed E-state index contributed by atoms with van der Waals surface area (Å²) in [7, 11) is 14.1. The lowest BCUT2D eigenvalue weighted by molar-refractivity contribution is 0.367. The summed E-state index contributed by atoms with van der Waals surface area (Å²) in [6, 6.07) is 0. The van der Waals surface area contributed by atoms with Gasteiger partial charge in [-0.25, -0.2) is 4.99 Å². The summed E-state index contributed by atoms with van der Waals surface area (Å²) in [5.74, 6) is 0. The summed E-state index contributed by atoms with van der Waals surface area (Å²) >= 11 is 0. The van der Waals surface area contributed by atoms with E-state index in [1.54, 1.807) is 10.8 Å². The molecule has 1 aliphatic heterocycles. The maximum absolute atomic E-state index is 4.67. The maximum atomic E-state index is 4.67. The third-order valence-electron chi connectivity index (χ3n) is 2.30. The van der Waals surface area contributed by atoms with Crippen LogP contribution in [-0.2, 0) is 0 Å². The molecule has 1 rings (SSSR count). The van der Waals surface area contributed by atoms with Crippen LogP contribution in [0.1, 0.15) is 6.42 Å². The third kappa shape index (κ3) is 4.53. The average molecular weight is 262 g/mol. The van der Waals surface area contributed by atoms with Gasteiger partial charge < -0.3 is 9.80 Å². The molecule has 0 amide bonds. The SMILES string of the molecule is CN(C)CCCN(C)C1=NC(N(C)C)SS1. The Morgan fingerprint density at radius 1 is 1.12 bits per heavy atom. The average Bonchev–Trinajstić information content (AvgIpc) is 2.65. The van der Waals surface area contributed by atoms with Crippen molar-refractivity contribution in [2.24, 2.45) is 4.99 Å². The molecule has 0 saturated heterocycles. The molecule has 0 aromatic heterocycles. The largest absolute Gasteiger partial charge is 0.354 e. The van der Waals surface area contributed by atoms with E-state index < -0.39 is 0 Å². The molecule has 4 nitrogen and oxygen atoms in total. The third-order valence-corrected chi connectivity index (χ3v) is 4.91. The molecule has 0 spiro atoms. The molecule has 1 unspecified atom stereocenters. The van der Waals surface area contributed by atoms with Gasteiger partial charge in [-0.3, -0.25) is 4.90 Å². The molecule has 1 heterocycles. The Bertz CT molecular complexity index is 243. The van der Waals surface area contributed by atoms with E-state index in [1.807, 2.05) is 10.8 Å². The summed E-state index contributed by atoms with van der Waals surface area (Å²) in [4.78, 5) is 11.3. The van der Waals surface area contributed by atoms with Gasteiger partial charge in [-0.05, 0) is 62.7 Å². The molecule has 0 radical (unpaired) electrons. The molecule has 0 aromatic carbocycles.